The molecule has 4 nitrogen and oxygen atoms in total. The summed E-state index contributed by atoms with van der Waals surface area (Å²) in [7, 11) is 0. The molecule has 1 saturated heterocycles. The third-order valence-electron chi connectivity index (χ3n) is 3.46. The number of nitrogens with zero attached hydrogens (tertiary/aromatic N) is 2. The summed E-state index contributed by atoms with van der Waals surface area (Å²) in [5.74, 6) is 0.926. The van der Waals surface area contributed by atoms with Crippen molar-refractivity contribution in [3.8, 4) is 0 Å². The number of fused-ring (bicyclic) bond motifs is 1. The summed E-state index contributed by atoms with van der Waals surface area (Å²) in [6, 6.07) is 0. The second kappa shape index (κ2) is 4.48. The number of ether oxygens (including phenoxy) is 1. The molecule has 0 saturated carbocycles. The Labute approximate surface area is 110 Å². The van der Waals surface area contributed by atoms with Gasteiger partial charge in [-0.15, -0.1) is 11.3 Å². The molecule has 5 heteroatoms. The molecule has 1 unspecified atom stereocenters. The summed E-state index contributed by atoms with van der Waals surface area (Å²) < 4.78 is 6.91. The van der Waals surface area contributed by atoms with E-state index in [0.717, 1.165) is 42.0 Å². The van der Waals surface area contributed by atoms with Crippen LogP contribution in [0.3, 0.4) is 0 Å². The number of nitrogens with one attached hydrogen (secondary N) is 1. The summed E-state index contributed by atoms with van der Waals surface area (Å²) >= 11 is 1.69. The molecule has 1 N–H and O–H groups in total. The highest BCUT2D eigenvalue weighted by molar-refractivity contribution is 7.18. The van der Waals surface area contributed by atoms with Crippen molar-refractivity contribution in [1.29, 1.82) is 0 Å². The minimum absolute atomic E-state index is 0.0520. The lowest BCUT2D eigenvalue weighted by Gasteiger charge is -2.23. The molecule has 0 aromatic carbocycles. The van der Waals surface area contributed by atoms with Crippen molar-refractivity contribution in [1.82, 2.24) is 9.97 Å². The fourth-order valence-corrected chi connectivity index (χ4v) is 3.31. The van der Waals surface area contributed by atoms with Gasteiger partial charge in [-0.25, -0.2) is 9.97 Å². The Bertz CT molecular complexity index is 560. The largest absolute Gasteiger partial charge is 0.373 e. The monoisotopic (exact) mass is 263 g/mol. The fraction of sp³-hybridized carbons (Fsp3) is 0.538. The number of aromatic nitrogens is 2. The third-order valence-corrected chi connectivity index (χ3v) is 4.55. The molecular formula is C13H17N3OS. The topological polar surface area (TPSA) is 47.0 Å². The Hall–Kier alpha value is -1.20. The van der Waals surface area contributed by atoms with Gasteiger partial charge < -0.3 is 10.1 Å². The molecule has 96 valence electrons. The van der Waals surface area contributed by atoms with E-state index in [1.807, 2.05) is 0 Å². The van der Waals surface area contributed by atoms with Crippen molar-refractivity contribution in [2.45, 2.75) is 32.3 Å². The SMILES string of the molecule is Cc1csc2c(NCC3(C)CCCO3)ncnc12. The quantitative estimate of drug-likeness (QED) is 0.924. The molecule has 3 rings (SSSR count). The van der Waals surface area contributed by atoms with Gasteiger partial charge in [0.2, 0.25) is 0 Å². The lowest BCUT2D eigenvalue weighted by molar-refractivity contribution is 0.0315. The molecule has 18 heavy (non-hydrogen) atoms. The predicted molar refractivity (Wildman–Crippen MR) is 74.2 cm³/mol. The minimum atomic E-state index is -0.0520. The lowest BCUT2D eigenvalue weighted by Crippen LogP contribution is -2.32. The van der Waals surface area contributed by atoms with E-state index in [1.54, 1.807) is 17.7 Å². The number of hydrogen-bond donors (Lipinski definition) is 1. The van der Waals surface area contributed by atoms with Crippen LogP contribution in [0.5, 0.6) is 0 Å². The van der Waals surface area contributed by atoms with Gasteiger partial charge in [-0.05, 0) is 37.6 Å². The van der Waals surface area contributed by atoms with Crippen molar-refractivity contribution >= 4 is 27.4 Å². The maximum absolute atomic E-state index is 5.78. The van der Waals surface area contributed by atoms with E-state index in [2.05, 4.69) is 34.5 Å². The Morgan fingerprint density at radius 2 is 2.39 bits per heavy atom. The highest BCUT2D eigenvalue weighted by atomic mass is 32.1. The molecule has 2 aromatic heterocycles. The van der Waals surface area contributed by atoms with Crippen LogP contribution < -0.4 is 5.32 Å². The molecule has 1 fully saturated rings. The van der Waals surface area contributed by atoms with E-state index in [0.29, 0.717) is 0 Å². The molecule has 0 radical (unpaired) electrons. The van der Waals surface area contributed by atoms with Crippen molar-refractivity contribution in [2.24, 2.45) is 0 Å². The molecule has 0 amide bonds. The van der Waals surface area contributed by atoms with Gasteiger partial charge in [0.15, 0.2) is 0 Å². The average molecular weight is 263 g/mol. The van der Waals surface area contributed by atoms with Crippen LogP contribution in [0.4, 0.5) is 5.82 Å². The van der Waals surface area contributed by atoms with E-state index in [-0.39, 0.29) is 5.60 Å². The molecule has 0 bridgehead atoms. The van der Waals surface area contributed by atoms with Crippen LogP contribution in [0.2, 0.25) is 0 Å². The smallest absolute Gasteiger partial charge is 0.147 e. The normalized spacial score (nSPS) is 23.7. The van der Waals surface area contributed by atoms with Gasteiger partial charge >= 0.3 is 0 Å². The van der Waals surface area contributed by atoms with E-state index in [4.69, 9.17) is 4.74 Å². The molecule has 3 heterocycles. The molecule has 1 aliphatic rings. The lowest BCUT2D eigenvalue weighted by atomic mass is 10.0. The van der Waals surface area contributed by atoms with E-state index in [9.17, 15) is 0 Å². The maximum atomic E-state index is 5.78. The minimum Gasteiger partial charge on any atom is -0.373 e. The Morgan fingerprint density at radius 3 is 3.17 bits per heavy atom. The molecule has 2 aromatic rings. The Balaban J connectivity index is 1.82. The number of anilines is 1. The van der Waals surface area contributed by atoms with Crippen molar-refractivity contribution in [2.75, 3.05) is 18.5 Å². The highest BCUT2D eigenvalue weighted by Crippen LogP contribution is 2.30. The van der Waals surface area contributed by atoms with E-state index < -0.39 is 0 Å². The highest BCUT2D eigenvalue weighted by Gasteiger charge is 2.29. The summed E-state index contributed by atoms with van der Waals surface area (Å²) in [5, 5.41) is 5.54. The first-order valence-corrected chi connectivity index (χ1v) is 7.13. The van der Waals surface area contributed by atoms with Gasteiger partial charge in [-0.1, -0.05) is 0 Å². The van der Waals surface area contributed by atoms with Crippen LogP contribution in [0.25, 0.3) is 10.2 Å². The first-order valence-electron chi connectivity index (χ1n) is 6.25. The molecular weight excluding hydrogens is 246 g/mol. The van der Waals surface area contributed by atoms with Crippen molar-refractivity contribution in [3.05, 3.63) is 17.3 Å². The zero-order chi connectivity index (χ0) is 12.6. The van der Waals surface area contributed by atoms with Crippen LogP contribution in [0.1, 0.15) is 25.3 Å². The first kappa shape index (κ1) is 11.9. The van der Waals surface area contributed by atoms with E-state index >= 15 is 0 Å². The van der Waals surface area contributed by atoms with Gasteiger partial charge in [-0.3, -0.25) is 0 Å². The maximum Gasteiger partial charge on any atom is 0.147 e. The molecule has 0 aliphatic carbocycles. The summed E-state index contributed by atoms with van der Waals surface area (Å²) in [6.45, 7) is 5.91. The summed E-state index contributed by atoms with van der Waals surface area (Å²) in [6.07, 6.45) is 3.88. The van der Waals surface area contributed by atoms with Gasteiger partial charge in [0.1, 0.15) is 12.1 Å². The van der Waals surface area contributed by atoms with Gasteiger partial charge in [-0.2, -0.15) is 0 Å². The van der Waals surface area contributed by atoms with Gasteiger partial charge in [0.25, 0.3) is 0 Å². The van der Waals surface area contributed by atoms with Crippen LogP contribution in [0.15, 0.2) is 11.7 Å². The number of thiophene rings is 1. The fourth-order valence-electron chi connectivity index (χ4n) is 2.34. The number of rotatable bonds is 3. The first-order chi connectivity index (χ1) is 8.68. The average Bonchev–Trinajstić information content (AvgIpc) is 2.96. The number of aryl methyl sites for hydroxylation is 1. The Kier molecular flexibility index (Phi) is 2.95. The third kappa shape index (κ3) is 2.08. The second-order valence-electron chi connectivity index (χ2n) is 5.07. The van der Waals surface area contributed by atoms with Crippen LogP contribution in [-0.2, 0) is 4.74 Å². The summed E-state index contributed by atoms with van der Waals surface area (Å²) in [4.78, 5) is 8.67. The summed E-state index contributed by atoms with van der Waals surface area (Å²) in [5.41, 5.74) is 2.21. The Morgan fingerprint density at radius 1 is 1.50 bits per heavy atom. The predicted octanol–water partition coefficient (Wildman–Crippen LogP) is 2.98. The van der Waals surface area contributed by atoms with Gasteiger partial charge in [0.05, 0.1) is 15.8 Å². The molecule has 1 atom stereocenters. The zero-order valence-electron chi connectivity index (χ0n) is 10.7. The second-order valence-corrected chi connectivity index (χ2v) is 5.95. The molecule has 1 aliphatic heterocycles. The van der Waals surface area contributed by atoms with Crippen LogP contribution >= 0.6 is 11.3 Å². The van der Waals surface area contributed by atoms with E-state index in [1.165, 1.54) is 5.56 Å². The van der Waals surface area contributed by atoms with Crippen molar-refractivity contribution < 1.29 is 4.74 Å². The standard InChI is InChI=1S/C13H17N3OS/c1-9-6-18-11-10(9)15-8-16-12(11)14-7-13(2)4-3-5-17-13/h6,8H,3-5,7H2,1-2H3,(H,14,15,16). The molecule has 0 spiro atoms. The van der Waals surface area contributed by atoms with Crippen LogP contribution in [0, 0.1) is 6.92 Å². The van der Waals surface area contributed by atoms with Gasteiger partial charge in [0, 0.05) is 13.2 Å². The van der Waals surface area contributed by atoms with Crippen LogP contribution in [-0.4, -0.2) is 28.7 Å². The zero-order valence-corrected chi connectivity index (χ0v) is 11.5. The number of hydrogen-bond acceptors (Lipinski definition) is 5. The van der Waals surface area contributed by atoms with Crippen molar-refractivity contribution in [3.63, 3.8) is 0 Å².